The van der Waals surface area contributed by atoms with Crippen LogP contribution < -0.4 is 0 Å². The van der Waals surface area contributed by atoms with Crippen LogP contribution in [0.15, 0.2) is 18.2 Å². The van der Waals surface area contributed by atoms with Crippen LogP contribution in [0.5, 0.6) is 0 Å². The maximum absolute atomic E-state index is 6.02. The molecule has 1 aliphatic rings. The first-order chi connectivity index (χ1) is 8.52. The van der Waals surface area contributed by atoms with E-state index in [9.17, 15) is 0 Å². The summed E-state index contributed by atoms with van der Waals surface area (Å²) in [5, 5.41) is 0.715. The minimum Gasteiger partial charge on any atom is -0.376 e. The van der Waals surface area contributed by atoms with Gasteiger partial charge in [-0.25, -0.2) is 0 Å². The van der Waals surface area contributed by atoms with E-state index in [1.54, 1.807) is 0 Å². The average molecular weight is 283 g/mol. The Kier molecular flexibility index (Phi) is 2.77. The van der Waals surface area contributed by atoms with Crippen LogP contribution in [0.2, 0.25) is 5.02 Å². The minimum atomic E-state index is -0.0941. The number of hydrogen-bond acceptors (Lipinski definition) is 2. The molecule has 1 saturated heterocycles. The Morgan fingerprint density at radius 1 is 1.56 bits per heavy atom. The topological polar surface area (TPSA) is 29.9 Å². The predicted molar refractivity (Wildman–Crippen MR) is 75.8 cm³/mol. The van der Waals surface area contributed by atoms with Crippen LogP contribution in [0.3, 0.4) is 0 Å². The number of benzene rings is 1. The first kappa shape index (κ1) is 12.2. The number of aromatic nitrogens is 2. The van der Waals surface area contributed by atoms with Crippen LogP contribution in [-0.4, -0.2) is 22.3 Å². The van der Waals surface area contributed by atoms with Gasteiger partial charge >= 0.3 is 0 Å². The second kappa shape index (κ2) is 4.08. The van der Waals surface area contributed by atoms with Crippen LogP contribution in [0.4, 0.5) is 0 Å². The van der Waals surface area contributed by atoms with Gasteiger partial charge in [-0.1, -0.05) is 11.6 Å². The number of imidazole rings is 1. The van der Waals surface area contributed by atoms with E-state index in [0.717, 1.165) is 28.8 Å². The highest BCUT2D eigenvalue weighted by atomic mass is 35.5. The van der Waals surface area contributed by atoms with Gasteiger partial charge in [0.05, 0.1) is 22.7 Å². The average Bonchev–Trinajstić information content (AvgIpc) is 2.79. The van der Waals surface area contributed by atoms with Gasteiger partial charge in [0.15, 0.2) is 4.77 Å². The number of H-pyrrole nitrogens is 1. The van der Waals surface area contributed by atoms with Crippen molar-refractivity contribution in [2.75, 3.05) is 6.61 Å². The maximum atomic E-state index is 6.02. The molecular formula is C13H15ClN2OS. The molecule has 0 spiro atoms. The van der Waals surface area contributed by atoms with Crippen molar-refractivity contribution >= 4 is 34.9 Å². The molecule has 1 aromatic carbocycles. The molecule has 2 atom stereocenters. The third-order valence-electron chi connectivity index (χ3n) is 4.01. The van der Waals surface area contributed by atoms with Gasteiger partial charge in [0.2, 0.25) is 0 Å². The van der Waals surface area contributed by atoms with Crippen molar-refractivity contribution in [3.8, 4) is 0 Å². The van der Waals surface area contributed by atoms with Gasteiger partial charge < -0.3 is 14.3 Å². The third-order valence-corrected chi connectivity index (χ3v) is 4.53. The molecule has 1 fully saturated rings. The van der Waals surface area contributed by atoms with Gasteiger partial charge in [-0.3, -0.25) is 0 Å². The Balaban J connectivity index is 2.29. The molecule has 3 rings (SSSR count). The molecule has 18 heavy (non-hydrogen) atoms. The number of halogens is 1. The first-order valence-electron chi connectivity index (χ1n) is 6.05. The molecule has 5 heteroatoms. The number of nitrogens with zero attached hydrogens (tertiary/aromatic N) is 1. The zero-order valence-corrected chi connectivity index (χ0v) is 11.9. The van der Waals surface area contributed by atoms with Gasteiger partial charge in [0, 0.05) is 11.6 Å². The van der Waals surface area contributed by atoms with Crippen molar-refractivity contribution < 1.29 is 4.74 Å². The standard InChI is InChI=1S/C13H15ClN2OS/c1-8-13(2,5-6-17-8)16-11-4-3-9(14)7-10(11)15-12(16)18/h3-4,7-8H,5-6H2,1-2H3,(H,15,18). The summed E-state index contributed by atoms with van der Waals surface area (Å²) in [4.78, 5) is 3.23. The monoisotopic (exact) mass is 282 g/mol. The van der Waals surface area contributed by atoms with Crippen molar-refractivity contribution in [3.63, 3.8) is 0 Å². The highest BCUT2D eigenvalue weighted by Gasteiger charge is 2.40. The molecule has 1 aliphatic heterocycles. The molecule has 0 bridgehead atoms. The van der Waals surface area contributed by atoms with Crippen LogP contribution in [0.1, 0.15) is 20.3 Å². The molecule has 0 amide bonds. The number of fused-ring (bicyclic) bond motifs is 1. The molecule has 2 aromatic rings. The van der Waals surface area contributed by atoms with Crippen molar-refractivity contribution in [2.45, 2.75) is 31.9 Å². The largest absolute Gasteiger partial charge is 0.376 e. The Hall–Kier alpha value is -0.840. The van der Waals surface area contributed by atoms with E-state index in [4.69, 9.17) is 28.6 Å². The quantitative estimate of drug-likeness (QED) is 0.805. The zero-order chi connectivity index (χ0) is 12.9. The molecular weight excluding hydrogens is 268 g/mol. The zero-order valence-electron chi connectivity index (χ0n) is 10.4. The molecule has 0 radical (unpaired) electrons. The Morgan fingerprint density at radius 2 is 2.33 bits per heavy atom. The SMILES string of the molecule is CC1OCCC1(C)n1c(=S)[nH]c2cc(Cl)ccc21. The Labute approximate surface area is 116 Å². The molecule has 96 valence electrons. The van der Waals surface area contributed by atoms with E-state index in [1.165, 1.54) is 0 Å². The van der Waals surface area contributed by atoms with Crippen LogP contribution in [0, 0.1) is 4.77 Å². The van der Waals surface area contributed by atoms with E-state index in [1.807, 2.05) is 18.2 Å². The summed E-state index contributed by atoms with van der Waals surface area (Å²) >= 11 is 11.5. The van der Waals surface area contributed by atoms with Crippen molar-refractivity contribution in [2.24, 2.45) is 0 Å². The fourth-order valence-electron chi connectivity index (χ4n) is 2.71. The fourth-order valence-corrected chi connectivity index (χ4v) is 3.30. The molecule has 0 saturated carbocycles. The molecule has 1 N–H and O–H groups in total. The number of ether oxygens (including phenoxy) is 1. The highest BCUT2D eigenvalue weighted by molar-refractivity contribution is 7.71. The molecule has 2 heterocycles. The molecule has 2 unspecified atom stereocenters. The van der Waals surface area contributed by atoms with Crippen LogP contribution in [-0.2, 0) is 10.3 Å². The lowest BCUT2D eigenvalue weighted by atomic mass is 9.94. The smallest absolute Gasteiger partial charge is 0.178 e. The van der Waals surface area contributed by atoms with E-state index in [-0.39, 0.29) is 11.6 Å². The van der Waals surface area contributed by atoms with E-state index in [0.29, 0.717) is 5.02 Å². The number of aromatic amines is 1. The van der Waals surface area contributed by atoms with Gasteiger partial charge in [-0.15, -0.1) is 0 Å². The van der Waals surface area contributed by atoms with Crippen LogP contribution >= 0.6 is 23.8 Å². The number of nitrogens with one attached hydrogen (secondary N) is 1. The Bertz CT molecular complexity index is 663. The summed E-state index contributed by atoms with van der Waals surface area (Å²) < 4.78 is 8.61. The fraction of sp³-hybridized carbons (Fsp3) is 0.462. The second-order valence-corrected chi connectivity index (χ2v) is 5.87. The summed E-state index contributed by atoms with van der Waals surface area (Å²) in [6.45, 7) is 5.07. The minimum absolute atomic E-state index is 0.0941. The van der Waals surface area contributed by atoms with Crippen molar-refractivity contribution in [1.82, 2.24) is 9.55 Å². The van der Waals surface area contributed by atoms with Crippen LogP contribution in [0.25, 0.3) is 11.0 Å². The number of hydrogen-bond donors (Lipinski definition) is 1. The van der Waals surface area contributed by atoms with E-state index >= 15 is 0 Å². The Morgan fingerprint density at radius 3 is 3.00 bits per heavy atom. The third kappa shape index (κ3) is 1.63. The molecule has 0 aliphatic carbocycles. The lowest BCUT2D eigenvalue weighted by molar-refractivity contribution is 0.0770. The van der Waals surface area contributed by atoms with Gasteiger partial charge in [-0.2, -0.15) is 0 Å². The maximum Gasteiger partial charge on any atom is 0.178 e. The molecule has 3 nitrogen and oxygen atoms in total. The van der Waals surface area contributed by atoms with Gasteiger partial charge in [0.1, 0.15) is 0 Å². The van der Waals surface area contributed by atoms with E-state index in [2.05, 4.69) is 23.4 Å². The van der Waals surface area contributed by atoms with Gasteiger partial charge in [-0.05, 0) is 50.7 Å². The van der Waals surface area contributed by atoms with Gasteiger partial charge in [0.25, 0.3) is 0 Å². The highest BCUT2D eigenvalue weighted by Crippen LogP contribution is 2.36. The van der Waals surface area contributed by atoms with Crippen molar-refractivity contribution in [1.29, 1.82) is 0 Å². The van der Waals surface area contributed by atoms with E-state index < -0.39 is 0 Å². The predicted octanol–water partition coefficient (Wildman–Crippen LogP) is 3.88. The summed E-state index contributed by atoms with van der Waals surface area (Å²) in [6.07, 6.45) is 1.12. The van der Waals surface area contributed by atoms with Crippen molar-refractivity contribution in [3.05, 3.63) is 28.0 Å². The summed E-state index contributed by atoms with van der Waals surface area (Å²) in [5.41, 5.74) is 1.97. The summed E-state index contributed by atoms with van der Waals surface area (Å²) in [7, 11) is 0. The summed E-state index contributed by atoms with van der Waals surface area (Å²) in [6, 6.07) is 5.82. The first-order valence-corrected chi connectivity index (χ1v) is 6.83. The lowest BCUT2D eigenvalue weighted by Gasteiger charge is -2.30. The second-order valence-electron chi connectivity index (χ2n) is 5.05. The number of rotatable bonds is 1. The normalized spacial score (nSPS) is 28.1. The summed E-state index contributed by atoms with van der Waals surface area (Å²) in [5.74, 6) is 0. The molecule has 1 aromatic heterocycles. The lowest BCUT2D eigenvalue weighted by Crippen LogP contribution is -2.36.